The molecule has 0 amide bonds. The standard InChI is InChI=1S/C19H16FNO4/c1-13-17(21-25-19(13)14-7-9-15(20)10-8-14)11-24-18(22)12-23-16-5-3-2-4-6-16/h2-10H,11-12H2,1H3. The van der Waals surface area contributed by atoms with Crippen molar-refractivity contribution in [3.05, 3.63) is 71.7 Å². The van der Waals surface area contributed by atoms with Gasteiger partial charge in [-0.3, -0.25) is 0 Å². The highest BCUT2D eigenvalue weighted by Gasteiger charge is 2.15. The molecule has 0 fully saturated rings. The van der Waals surface area contributed by atoms with Gasteiger partial charge < -0.3 is 14.0 Å². The summed E-state index contributed by atoms with van der Waals surface area (Å²) in [6, 6.07) is 14.9. The first-order valence-electron chi connectivity index (χ1n) is 7.68. The van der Waals surface area contributed by atoms with Gasteiger partial charge in [0.2, 0.25) is 0 Å². The van der Waals surface area contributed by atoms with Crippen molar-refractivity contribution < 1.29 is 23.2 Å². The van der Waals surface area contributed by atoms with Gasteiger partial charge in [-0.1, -0.05) is 23.4 Å². The van der Waals surface area contributed by atoms with Gasteiger partial charge in [-0.25, -0.2) is 9.18 Å². The lowest BCUT2D eigenvalue weighted by Crippen LogP contribution is -2.15. The fourth-order valence-corrected chi connectivity index (χ4v) is 2.22. The van der Waals surface area contributed by atoms with E-state index in [1.807, 2.05) is 18.2 Å². The number of carbonyl (C=O) groups is 1. The van der Waals surface area contributed by atoms with Crippen LogP contribution in [0.4, 0.5) is 4.39 Å². The van der Waals surface area contributed by atoms with Gasteiger partial charge in [0.25, 0.3) is 0 Å². The number of para-hydroxylation sites is 1. The molecule has 0 unspecified atom stereocenters. The third-order valence-electron chi connectivity index (χ3n) is 3.60. The summed E-state index contributed by atoms with van der Waals surface area (Å²) in [5.41, 5.74) is 1.95. The maximum Gasteiger partial charge on any atom is 0.344 e. The van der Waals surface area contributed by atoms with Gasteiger partial charge in [-0.05, 0) is 43.3 Å². The monoisotopic (exact) mass is 341 g/mol. The highest BCUT2D eigenvalue weighted by molar-refractivity contribution is 5.71. The van der Waals surface area contributed by atoms with Crippen molar-refractivity contribution in [1.29, 1.82) is 0 Å². The first-order valence-corrected chi connectivity index (χ1v) is 7.68. The smallest absolute Gasteiger partial charge is 0.344 e. The zero-order chi connectivity index (χ0) is 17.6. The number of nitrogens with zero attached hydrogens (tertiary/aromatic N) is 1. The lowest BCUT2D eigenvalue weighted by molar-refractivity contribution is -0.147. The number of esters is 1. The maximum atomic E-state index is 13.0. The molecule has 0 radical (unpaired) electrons. The molecule has 6 heteroatoms. The Kier molecular flexibility index (Phi) is 5.09. The van der Waals surface area contributed by atoms with E-state index in [0.717, 1.165) is 5.56 Å². The van der Waals surface area contributed by atoms with Gasteiger partial charge in [0.15, 0.2) is 12.4 Å². The normalized spacial score (nSPS) is 10.5. The van der Waals surface area contributed by atoms with Crippen molar-refractivity contribution in [2.45, 2.75) is 13.5 Å². The molecular weight excluding hydrogens is 325 g/mol. The van der Waals surface area contributed by atoms with Crippen molar-refractivity contribution in [2.75, 3.05) is 6.61 Å². The molecule has 0 bridgehead atoms. The van der Waals surface area contributed by atoms with Crippen LogP contribution in [0.3, 0.4) is 0 Å². The van der Waals surface area contributed by atoms with Crippen LogP contribution in [0.2, 0.25) is 0 Å². The fourth-order valence-electron chi connectivity index (χ4n) is 2.22. The summed E-state index contributed by atoms with van der Waals surface area (Å²) in [6.07, 6.45) is 0. The maximum absolute atomic E-state index is 13.0. The summed E-state index contributed by atoms with van der Waals surface area (Å²) in [5, 5.41) is 3.92. The summed E-state index contributed by atoms with van der Waals surface area (Å²) in [7, 11) is 0. The summed E-state index contributed by atoms with van der Waals surface area (Å²) < 4.78 is 28.8. The summed E-state index contributed by atoms with van der Waals surface area (Å²) in [5.74, 6) is 0.283. The van der Waals surface area contributed by atoms with Crippen LogP contribution in [0.1, 0.15) is 11.3 Å². The van der Waals surface area contributed by atoms with Gasteiger partial charge in [0, 0.05) is 11.1 Å². The van der Waals surface area contributed by atoms with Crippen LogP contribution in [0.5, 0.6) is 5.75 Å². The number of hydrogen-bond acceptors (Lipinski definition) is 5. The van der Waals surface area contributed by atoms with E-state index in [4.69, 9.17) is 14.0 Å². The minimum absolute atomic E-state index is 0.0203. The van der Waals surface area contributed by atoms with Crippen molar-refractivity contribution >= 4 is 5.97 Å². The highest BCUT2D eigenvalue weighted by atomic mass is 19.1. The molecule has 0 saturated heterocycles. The average molecular weight is 341 g/mol. The molecule has 0 N–H and O–H groups in total. The number of rotatable bonds is 6. The molecule has 3 aromatic rings. The molecule has 5 nitrogen and oxygen atoms in total. The topological polar surface area (TPSA) is 61.6 Å². The van der Waals surface area contributed by atoms with Gasteiger partial charge >= 0.3 is 5.97 Å². The van der Waals surface area contributed by atoms with E-state index in [1.54, 1.807) is 31.2 Å². The number of hydrogen-bond donors (Lipinski definition) is 0. The summed E-state index contributed by atoms with van der Waals surface area (Å²) in [6.45, 7) is 1.60. The van der Waals surface area contributed by atoms with Crippen molar-refractivity contribution in [1.82, 2.24) is 5.16 Å². The second kappa shape index (κ2) is 7.61. The lowest BCUT2D eigenvalue weighted by Gasteiger charge is -2.06. The number of carbonyl (C=O) groups excluding carboxylic acids is 1. The van der Waals surface area contributed by atoms with Crippen LogP contribution in [0.15, 0.2) is 59.1 Å². The molecule has 3 rings (SSSR count). The number of benzene rings is 2. The largest absolute Gasteiger partial charge is 0.482 e. The molecule has 0 atom stereocenters. The summed E-state index contributed by atoms with van der Waals surface area (Å²) >= 11 is 0. The van der Waals surface area contributed by atoms with Crippen LogP contribution in [-0.4, -0.2) is 17.7 Å². The van der Waals surface area contributed by atoms with Gasteiger partial charge in [-0.15, -0.1) is 0 Å². The lowest BCUT2D eigenvalue weighted by atomic mass is 10.1. The van der Waals surface area contributed by atoms with Crippen molar-refractivity contribution in [3.8, 4) is 17.1 Å². The van der Waals surface area contributed by atoms with Crippen molar-refractivity contribution in [3.63, 3.8) is 0 Å². The molecule has 1 heterocycles. The molecule has 0 saturated carbocycles. The van der Waals surface area contributed by atoms with E-state index in [2.05, 4.69) is 5.16 Å². The molecule has 0 aliphatic heterocycles. The third kappa shape index (κ3) is 4.23. The van der Waals surface area contributed by atoms with Gasteiger partial charge in [-0.2, -0.15) is 0 Å². The average Bonchev–Trinajstić information content (AvgIpc) is 3.00. The van der Waals surface area contributed by atoms with Crippen LogP contribution < -0.4 is 4.74 Å². The Hall–Kier alpha value is -3.15. The Labute approximate surface area is 144 Å². The van der Waals surface area contributed by atoms with E-state index in [9.17, 15) is 9.18 Å². The Bertz CT molecular complexity index is 844. The molecule has 0 aliphatic rings. The molecule has 2 aromatic carbocycles. The first kappa shape index (κ1) is 16.7. The number of halogens is 1. The van der Waals surface area contributed by atoms with Gasteiger partial charge in [0.05, 0.1) is 0 Å². The van der Waals surface area contributed by atoms with Crippen molar-refractivity contribution in [2.24, 2.45) is 0 Å². The molecule has 128 valence electrons. The van der Waals surface area contributed by atoms with Crippen LogP contribution in [-0.2, 0) is 16.1 Å². The minimum atomic E-state index is -0.505. The Morgan fingerprint density at radius 1 is 1.12 bits per heavy atom. The van der Waals surface area contributed by atoms with Crippen LogP contribution in [0, 0.1) is 12.7 Å². The quantitative estimate of drug-likeness (QED) is 0.636. The number of aromatic nitrogens is 1. The fraction of sp³-hybridized carbons (Fsp3) is 0.158. The van der Waals surface area contributed by atoms with Crippen LogP contribution in [0.25, 0.3) is 11.3 Å². The van der Waals surface area contributed by atoms with E-state index in [0.29, 0.717) is 22.8 Å². The third-order valence-corrected chi connectivity index (χ3v) is 3.60. The van der Waals surface area contributed by atoms with E-state index in [-0.39, 0.29) is 19.0 Å². The Balaban J connectivity index is 1.56. The molecular formula is C19H16FNO4. The molecule has 0 aliphatic carbocycles. The Morgan fingerprint density at radius 2 is 1.84 bits per heavy atom. The summed E-state index contributed by atoms with van der Waals surface area (Å²) in [4.78, 5) is 11.8. The number of ether oxygens (including phenoxy) is 2. The zero-order valence-electron chi connectivity index (χ0n) is 13.6. The minimum Gasteiger partial charge on any atom is -0.482 e. The van der Waals surface area contributed by atoms with E-state index >= 15 is 0 Å². The molecule has 0 spiro atoms. The predicted octanol–water partition coefficient (Wildman–Crippen LogP) is 3.91. The predicted molar refractivity (Wildman–Crippen MR) is 88.4 cm³/mol. The second-order valence-corrected chi connectivity index (χ2v) is 5.35. The van der Waals surface area contributed by atoms with E-state index in [1.165, 1.54) is 12.1 Å². The zero-order valence-corrected chi connectivity index (χ0v) is 13.6. The SMILES string of the molecule is Cc1c(COC(=O)COc2ccccc2)noc1-c1ccc(F)cc1. The second-order valence-electron chi connectivity index (χ2n) is 5.35. The molecule has 1 aromatic heterocycles. The first-order chi connectivity index (χ1) is 12.1. The Morgan fingerprint density at radius 3 is 2.56 bits per heavy atom. The highest BCUT2D eigenvalue weighted by Crippen LogP contribution is 2.26. The van der Waals surface area contributed by atoms with Gasteiger partial charge in [0.1, 0.15) is 23.9 Å². The van der Waals surface area contributed by atoms with Crippen LogP contribution >= 0.6 is 0 Å². The molecule has 25 heavy (non-hydrogen) atoms. The van der Waals surface area contributed by atoms with E-state index < -0.39 is 5.97 Å².